The summed E-state index contributed by atoms with van der Waals surface area (Å²) in [4.78, 5) is 8.44. The molecule has 2 aromatic carbocycles. The molecule has 0 radical (unpaired) electrons. The van der Waals surface area contributed by atoms with Crippen LogP contribution in [-0.4, -0.2) is 17.1 Å². The Morgan fingerprint density at radius 3 is 2.56 bits per heavy atom. The maximum atomic E-state index is 6.22. The Bertz CT molecular complexity index is 900. The van der Waals surface area contributed by atoms with Crippen molar-refractivity contribution in [3.05, 3.63) is 59.4 Å². The third-order valence-corrected chi connectivity index (χ3v) is 3.90. The van der Waals surface area contributed by atoms with Crippen LogP contribution in [0.4, 0.5) is 28.7 Å². The molecule has 6 nitrogen and oxygen atoms in total. The van der Waals surface area contributed by atoms with Crippen LogP contribution in [0, 0.1) is 6.92 Å². The topological polar surface area (TPSA) is 85.1 Å². The second kappa shape index (κ2) is 7.27. The summed E-state index contributed by atoms with van der Waals surface area (Å²) in [5.41, 5.74) is 9.32. The van der Waals surface area contributed by atoms with E-state index in [2.05, 4.69) is 20.6 Å². The van der Waals surface area contributed by atoms with Gasteiger partial charge in [-0.25, -0.2) is 9.97 Å². The van der Waals surface area contributed by atoms with E-state index in [1.165, 1.54) is 6.33 Å². The van der Waals surface area contributed by atoms with E-state index in [-0.39, 0.29) is 0 Å². The van der Waals surface area contributed by atoms with Crippen molar-refractivity contribution in [3.63, 3.8) is 0 Å². The Labute approximate surface area is 151 Å². The smallest absolute Gasteiger partial charge is 0.159 e. The number of ether oxygens (including phenoxy) is 1. The summed E-state index contributed by atoms with van der Waals surface area (Å²) < 4.78 is 5.22. The number of nitrogens with two attached hydrogens (primary N) is 1. The average molecular weight is 356 g/mol. The summed E-state index contributed by atoms with van der Waals surface area (Å²) >= 11 is 6.06. The predicted molar refractivity (Wildman–Crippen MR) is 102 cm³/mol. The lowest BCUT2D eigenvalue weighted by atomic mass is 10.2. The second-order valence-electron chi connectivity index (χ2n) is 5.43. The molecule has 0 unspecified atom stereocenters. The molecule has 0 aliphatic rings. The van der Waals surface area contributed by atoms with Gasteiger partial charge in [-0.3, -0.25) is 0 Å². The summed E-state index contributed by atoms with van der Waals surface area (Å²) in [5, 5.41) is 7.02. The van der Waals surface area contributed by atoms with E-state index >= 15 is 0 Å². The number of rotatable bonds is 5. The maximum Gasteiger partial charge on any atom is 0.159 e. The number of methoxy groups -OCH3 is 1. The predicted octanol–water partition coefficient (Wildman–Crippen LogP) is 4.52. The zero-order chi connectivity index (χ0) is 17.8. The van der Waals surface area contributed by atoms with Gasteiger partial charge in [-0.15, -0.1) is 0 Å². The Morgan fingerprint density at radius 2 is 1.80 bits per heavy atom. The number of halogens is 1. The monoisotopic (exact) mass is 355 g/mol. The van der Waals surface area contributed by atoms with Gasteiger partial charge in [0, 0.05) is 22.5 Å². The number of aryl methyl sites for hydroxylation is 1. The van der Waals surface area contributed by atoms with Crippen molar-refractivity contribution in [3.8, 4) is 5.75 Å². The third kappa shape index (κ3) is 3.92. The standard InChI is InChI=1S/C18H18ClN5O/c1-11-6-7-12(19)8-15(11)24-18-16(20)17(21-10-22-18)23-13-4-3-5-14(9-13)25-2/h3-10H,20H2,1-2H3,(H2,21,22,23,24). The number of nitrogens with zero attached hydrogens (tertiary/aromatic N) is 2. The van der Waals surface area contributed by atoms with Crippen molar-refractivity contribution in [2.75, 3.05) is 23.5 Å². The molecule has 0 saturated carbocycles. The van der Waals surface area contributed by atoms with E-state index in [0.29, 0.717) is 22.3 Å². The van der Waals surface area contributed by atoms with Crippen molar-refractivity contribution >= 4 is 40.3 Å². The summed E-state index contributed by atoms with van der Waals surface area (Å²) in [6, 6.07) is 13.1. The maximum absolute atomic E-state index is 6.22. The van der Waals surface area contributed by atoms with Crippen LogP contribution in [0.1, 0.15) is 5.56 Å². The second-order valence-corrected chi connectivity index (χ2v) is 5.86. The lowest BCUT2D eigenvalue weighted by molar-refractivity contribution is 0.415. The number of hydrogen-bond acceptors (Lipinski definition) is 6. The van der Waals surface area contributed by atoms with Crippen LogP contribution in [0.3, 0.4) is 0 Å². The Kier molecular flexibility index (Phi) is 4.90. The first-order valence-corrected chi connectivity index (χ1v) is 7.99. The van der Waals surface area contributed by atoms with Crippen LogP contribution >= 0.6 is 11.6 Å². The fourth-order valence-electron chi connectivity index (χ4n) is 2.29. The van der Waals surface area contributed by atoms with Crippen molar-refractivity contribution in [1.82, 2.24) is 9.97 Å². The molecular formula is C18H18ClN5O. The number of hydrogen-bond donors (Lipinski definition) is 3. The molecule has 0 saturated heterocycles. The quantitative estimate of drug-likeness (QED) is 0.624. The highest BCUT2D eigenvalue weighted by Gasteiger charge is 2.10. The average Bonchev–Trinajstić information content (AvgIpc) is 2.61. The molecule has 0 spiro atoms. The number of benzene rings is 2. The Balaban J connectivity index is 1.88. The molecule has 3 aromatic rings. The molecule has 0 atom stereocenters. The van der Waals surface area contributed by atoms with Gasteiger partial charge in [0.1, 0.15) is 17.8 Å². The van der Waals surface area contributed by atoms with Crippen LogP contribution in [0.25, 0.3) is 0 Å². The molecule has 128 valence electrons. The highest BCUT2D eigenvalue weighted by atomic mass is 35.5. The highest BCUT2D eigenvalue weighted by molar-refractivity contribution is 6.30. The number of aromatic nitrogens is 2. The lowest BCUT2D eigenvalue weighted by Crippen LogP contribution is -2.05. The SMILES string of the molecule is COc1cccc(Nc2ncnc(Nc3cc(Cl)ccc3C)c2N)c1. The van der Waals surface area contributed by atoms with Crippen LogP contribution in [-0.2, 0) is 0 Å². The Morgan fingerprint density at radius 1 is 1.04 bits per heavy atom. The molecular weight excluding hydrogens is 338 g/mol. The summed E-state index contributed by atoms with van der Waals surface area (Å²) in [5.74, 6) is 1.75. The zero-order valence-corrected chi connectivity index (χ0v) is 14.6. The molecule has 4 N–H and O–H groups in total. The molecule has 7 heteroatoms. The summed E-state index contributed by atoms with van der Waals surface area (Å²) in [7, 11) is 1.62. The van der Waals surface area contributed by atoms with E-state index in [9.17, 15) is 0 Å². The molecule has 0 aliphatic carbocycles. The lowest BCUT2D eigenvalue weighted by Gasteiger charge is -2.14. The number of nitrogens with one attached hydrogen (secondary N) is 2. The van der Waals surface area contributed by atoms with Crippen LogP contribution in [0.5, 0.6) is 5.75 Å². The van der Waals surface area contributed by atoms with Gasteiger partial charge in [-0.1, -0.05) is 23.7 Å². The molecule has 0 amide bonds. The number of nitrogen functional groups attached to an aromatic ring is 1. The first kappa shape index (κ1) is 16.9. The van der Waals surface area contributed by atoms with E-state index in [4.69, 9.17) is 22.1 Å². The van der Waals surface area contributed by atoms with E-state index in [0.717, 1.165) is 22.7 Å². The van der Waals surface area contributed by atoms with Crippen LogP contribution < -0.4 is 21.1 Å². The van der Waals surface area contributed by atoms with Gasteiger partial charge in [-0.2, -0.15) is 0 Å². The van der Waals surface area contributed by atoms with Gasteiger partial charge in [-0.05, 0) is 36.8 Å². The summed E-state index contributed by atoms with van der Waals surface area (Å²) in [6.07, 6.45) is 1.45. The van der Waals surface area contributed by atoms with Crippen molar-refractivity contribution in [2.24, 2.45) is 0 Å². The van der Waals surface area contributed by atoms with Gasteiger partial charge in [0.15, 0.2) is 11.6 Å². The van der Waals surface area contributed by atoms with E-state index in [1.54, 1.807) is 7.11 Å². The van der Waals surface area contributed by atoms with Crippen molar-refractivity contribution in [1.29, 1.82) is 0 Å². The van der Waals surface area contributed by atoms with Gasteiger partial charge in [0.25, 0.3) is 0 Å². The molecule has 1 aromatic heterocycles. The summed E-state index contributed by atoms with van der Waals surface area (Å²) in [6.45, 7) is 1.98. The normalized spacial score (nSPS) is 10.4. The minimum atomic E-state index is 0.407. The third-order valence-electron chi connectivity index (χ3n) is 3.67. The first-order valence-electron chi connectivity index (χ1n) is 7.61. The molecule has 0 bridgehead atoms. The van der Waals surface area contributed by atoms with Crippen LogP contribution in [0.15, 0.2) is 48.8 Å². The molecule has 1 heterocycles. The van der Waals surface area contributed by atoms with Crippen molar-refractivity contribution < 1.29 is 4.74 Å². The minimum absolute atomic E-state index is 0.407. The molecule has 25 heavy (non-hydrogen) atoms. The molecule has 3 rings (SSSR count). The largest absolute Gasteiger partial charge is 0.497 e. The van der Waals surface area contributed by atoms with Gasteiger partial charge in [0.05, 0.1) is 7.11 Å². The van der Waals surface area contributed by atoms with E-state index < -0.39 is 0 Å². The van der Waals surface area contributed by atoms with Gasteiger partial charge >= 0.3 is 0 Å². The Hall–Kier alpha value is -2.99. The number of anilines is 5. The van der Waals surface area contributed by atoms with Crippen LogP contribution in [0.2, 0.25) is 5.02 Å². The van der Waals surface area contributed by atoms with Gasteiger partial charge < -0.3 is 21.1 Å². The van der Waals surface area contributed by atoms with Crippen molar-refractivity contribution in [2.45, 2.75) is 6.92 Å². The fraction of sp³-hybridized carbons (Fsp3) is 0.111. The zero-order valence-electron chi connectivity index (χ0n) is 13.9. The fourth-order valence-corrected chi connectivity index (χ4v) is 2.46. The molecule has 0 fully saturated rings. The molecule has 0 aliphatic heterocycles. The van der Waals surface area contributed by atoms with Gasteiger partial charge in [0.2, 0.25) is 0 Å². The first-order chi connectivity index (χ1) is 12.1. The minimum Gasteiger partial charge on any atom is -0.497 e. The van der Waals surface area contributed by atoms with E-state index in [1.807, 2.05) is 49.4 Å². The highest BCUT2D eigenvalue weighted by Crippen LogP contribution is 2.30.